The normalized spacial score (nSPS) is 29.3. The minimum atomic E-state index is 0.400. The molecular weight excluding hydrogens is 356 g/mol. The van der Waals surface area contributed by atoms with E-state index in [2.05, 4.69) is 57.0 Å². The van der Waals surface area contributed by atoms with E-state index in [9.17, 15) is 0 Å². The van der Waals surface area contributed by atoms with Gasteiger partial charge in [0, 0.05) is 14.7 Å². The van der Waals surface area contributed by atoms with Crippen molar-refractivity contribution in [2.24, 2.45) is 5.41 Å². The molecule has 1 spiro atoms. The second kappa shape index (κ2) is 4.82. The minimum absolute atomic E-state index is 0.400. The quantitative estimate of drug-likeness (QED) is 0.644. The molecule has 0 amide bonds. The van der Waals surface area contributed by atoms with Crippen LogP contribution in [-0.2, 0) is 0 Å². The monoisotopic (exact) mass is 372 g/mol. The molecule has 0 bridgehead atoms. The van der Waals surface area contributed by atoms with Crippen molar-refractivity contribution in [2.45, 2.75) is 50.0 Å². The Hall–Kier alpha value is -0.0200. The molecule has 0 aliphatic heterocycles. The molecule has 98 valence electrons. The molecule has 3 rings (SSSR count). The molecule has 2 unspecified atom stereocenters. The van der Waals surface area contributed by atoms with Gasteiger partial charge in [-0.05, 0) is 43.9 Å². The van der Waals surface area contributed by atoms with E-state index in [-0.39, 0.29) is 0 Å². The molecule has 3 heteroatoms. The molecule has 0 heterocycles. The average molecular weight is 374 g/mol. The van der Waals surface area contributed by atoms with Crippen LogP contribution in [0.15, 0.2) is 22.7 Å². The van der Waals surface area contributed by atoms with E-state index in [0.29, 0.717) is 16.3 Å². The number of rotatable bonds is 2. The van der Waals surface area contributed by atoms with Crippen molar-refractivity contribution in [2.75, 3.05) is 0 Å². The number of halogens is 2. The van der Waals surface area contributed by atoms with Gasteiger partial charge in [0.05, 0.1) is 0 Å². The summed E-state index contributed by atoms with van der Waals surface area (Å²) in [6, 6.07) is 6.28. The molecule has 1 aromatic rings. The topological polar surface area (TPSA) is 9.23 Å². The molecule has 0 radical (unpaired) electrons. The Kier molecular flexibility index (Phi) is 3.48. The minimum Gasteiger partial charge on any atom is -0.489 e. The van der Waals surface area contributed by atoms with Crippen LogP contribution in [0, 0.1) is 12.3 Å². The molecule has 2 fully saturated rings. The van der Waals surface area contributed by atoms with Crippen LogP contribution < -0.4 is 4.74 Å². The van der Waals surface area contributed by atoms with Crippen molar-refractivity contribution in [1.29, 1.82) is 0 Å². The largest absolute Gasteiger partial charge is 0.489 e. The van der Waals surface area contributed by atoms with Crippen LogP contribution in [0.1, 0.15) is 37.7 Å². The standard InChI is InChI=1S/C15H18Br2O/c1-10-4-5-11(16)8-12(10)18-14-9-13(17)15(14)6-2-3-7-15/h4-5,8,13-14H,2-3,6-7,9H2,1H3. The van der Waals surface area contributed by atoms with E-state index in [1.165, 1.54) is 31.2 Å². The van der Waals surface area contributed by atoms with Gasteiger partial charge in [-0.3, -0.25) is 0 Å². The first-order chi connectivity index (χ1) is 8.62. The molecule has 18 heavy (non-hydrogen) atoms. The predicted molar refractivity (Wildman–Crippen MR) is 81.5 cm³/mol. The maximum Gasteiger partial charge on any atom is 0.123 e. The molecule has 2 aliphatic carbocycles. The smallest absolute Gasteiger partial charge is 0.123 e. The summed E-state index contributed by atoms with van der Waals surface area (Å²) >= 11 is 7.37. The fourth-order valence-corrected chi connectivity index (χ4v) is 4.82. The summed E-state index contributed by atoms with van der Waals surface area (Å²) < 4.78 is 7.41. The maximum absolute atomic E-state index is 6.31. The van der Waals surface area contributed by atoms with E-state index in [4.69, 9.17) is 4.74 Å². The van der Waals surface area contributed by atoms with Gasteiger partial charge in [0.25, 0.3) is 0 Å². The predicted octanol–water partition coefficient (Wildman–Crippen LogP) is 5.23. The number of hydrogen-bond donors (Lipinski definition) is 0. The van der Waals surface area contributed by atoms with Gasteiger partial charge in [0.1, 0.15) is 11.9 Å². The Bertz CT molecular complexity index is 452. The first-order valence-electron chi connectivity index (χ1n) is 6.69. The van der Waals surface area contributed by atoms with Gasteiger partial charge in [-0.1, -0.05) is 50.8 Å². The molecule has 0 aromatic heterocycles. The van der Waals surface area contributed by atoms with E-state index in [0.717, 1.165) is 16.6 Å². The third-order valence-corrected chi connectivity index (χ3v) is 6.42. The van der Waals surface area contributed by atoms with Gasteiger partial charge in [-0.15, -0.1) is 0 Å². The highest BCUT2D eigenvalue weighted by atomic mass is 79.9. The number of hydrogen-bond acceptors (Lipinski definition) is 1. The van der Waals surface area contributed by atoms with Crippen molar-refractivity contribution in [3.8, 4) is 5.75 Å². The maximum atomic E-state index is 6.31. The summed E-state index contributed by atoms with van der Waals surface area (Å²) in [6.45, 7) is 2.12. The lowest BCUT2D eigenvalue weighted by atomic mass is 9.64. The number of aryl methyl sites for hydroxylation is 1. The lowest BCUT2D eigenvalue weighted by molar-refractivity contribution is -0.0307. The van der Waals surface area contributed by atoms with Crippen molar-refractivity contribution in [3.05, 3.63) is 28.2 Å². The average Bonchev–Trinajstić information content (AvgIpc) is 2.85. The van der Waals surface area contributed by atoms with E-state index in [1.54, 1.807) is 0 Å². The fraction of sp³-hybridized carbons (Fsp3) is 0.600. The highest BCUT2D eigenvalue weighted by molar-refractivity contribution is 9.10. The molecule has 0 N–H and O–H groups in total. The van der Waals surface area contributed by atoms with Crippen LogP contribution in [0.3, 0.4) is 0 Å². The Labute approximate surface area is 126 Å². The van der Waals surface area contributed by atoms with Crippen LogP contribution in [0.2, 0.25) is 0 Å². The Morgan fingerprint density at radius 1 is 1.28 bits per heavy atom. The molecule has 2 atom stereocenters. The molecule has 1 aromatic carbocycles. The zero-order chi connectivity index (χ0) is 12.8. The zero-order valence-electron chi connectivity index (χ0n) is 10.6. The third kappa shape index (κ3) is 2.03. The number of benzene rings is 1. The van der Waals surface area contributed by atoms with Gasteiger partial charge in [0.15, 0.2) is 0 Å². The Morgan fingerprint density at radius 2 is 2.00 bits per heavy atom. The van der Waals surface area contributed by atoms with Crippen molar-refractivity contribution in [3.63, 3.8) is 0 Å². The summed E-state index contributed by atoms with van der Waals surface area (Å²) in [5.74, 6) is 1.04. The summed E-state index contributed by atoms with van der Waals surface area (Å²) in [6.07, 6.45) is 6.91. The van der Waals surface area contributed by atoms with Crippen molar-refractivity contribution in [1.82, 2.24) is 0 Å². The van der Waals surface area contributed by atoms with Gasteiger partial charge in [-0.25, -0.2) is 0 Å². The van der Waals surface area contributed by atoms with Crippen LogP contribution in [0.25, 0.3) is 0 Å². The summed E-state index contributed by atoms with van der Waals surface area (Å²) in [4.78, 5) is 0.657. The van der Waals surface area contributed by atoms with Gasteiger partial charge in [0.2, 0.25) is 0 Å². The number of alkyl halides is 1. The van der Waals surface area contributed by atoms with E-state index >= 15 is 0 Å². The van der Waals surface area contributed by atoms with Gasteiger partial charge >= 0.3 is 0 Å². The van der Waals surface area contributed by atoms with E-state index in [1.807, 2.05) is 0 Å². The summed E-state index contributed by atoms with van der Waals surface area (Å²) in [5.41, 5.74) is 1.64. The third-order valence-electron chi connectivity index (χ3n) is 4.64. The second-order valence-corrected chi connectivity index (χ2v) is 7.68. The highest BCUT2D eigenvalue weighted by Gasteiger charge is 2.56. The summed E-state index contributed by atoms with van der Waals surface area (Å²) in [5, 5.41) is 0. The van der Waals surface area contributed by atoms with Crippen LogP contribution in [0.4, 0.5) is 0 Å². The van der Waals surface area contributed by atoms with Crippen molar-refractivity contribution >= 4 is 31.9 Å². The molecule has 1 nitrogen and oxygen atoms in total. The zero-order valence-corrected chi connectivity index (χ0v) is 13.8. The Morgan fingerprint density at radius 3 is 2.67 bits per heavy atom. The fourth-order valence-electron chi connectivity index (χ4n) is 3.39. The van der Waals surface area contributed by atoms with Gasteiger partial charge in [-0.2, -0.15) is 0 Å². The molecule has 2 saturated carbocycles. The molecule has 2 aliphatic rings. The SMILES string of the molecule is Cc1ccc(Br)cc1OC1CC(Br)C12CCCC2. The lowest BCUT2D eigenvalue weighted by Gasteiger charge is -2.51. The lowest BCUT2D eigenvalue weighted by Crippen LogP contribution is -2.55. The van der Waals surface area contributed by atoms with Crippen LogP contribution >= 0.6 is 31.9 Å². The van der Waals surface area contributed by atoms with Gasteiger partial charge < -0.3 is 4.74 Å². The van der Waals surface area contributed by atoms with Crippen LogP contribution in [0.5, 0.6) is 5.75 Å². The first-order valence-corrected chi connectivity index (χ1v) is 8.39. The second-order valence-electron chi connectivity index (χ2n) is 5.66. The van der Waals surface area contributed by atoms with Crippen LogP contribution in [-0.4, -0.2) is 10.9 Å². The Balaban J connectivity index is 1.79. The number of ether oxygens (including phenoxy) is 1. The highest BCUT2D eigenvalue weighted by Crippen LogP contribution is 2.57. The molecular formula is C15H18Br2O. The van der Waals surface area contributed by atoms with E-state index < -0.39 is 0 Å². The molecule has 0 saturated heterocycles. The summed E-state index contributed by atoms with van der Waals surface area (Å²) in [7, 11) is 0. The first kappa shape index (κ1) is 13.0. The van der Waals surface area contributed by atoms with Crippen molar-refractivity contribution < 1.29 is 4.74 Å².